The SMILES string of the molecule is NCC(=O)N1CC[C@@H](NCc2ccc(C#Cc3ccc(C(CO)Cc4nc[nH]c(=O)c4O)cc3)cc2)C1. The quantitative estimate of drug-likeness (QED) is 0.288. The summed E-state index contributed by atoms with van der Waals surface area (Å²) < 4.78 is 0. The highest BCUT2D eigenvalue weighted by atomic mass is 16.3. The van der Waals surface area contributed by atoms with Crippen molar-refractivity contribution in [2.75, 3.05) is 26.2 Å². The van der Waals surface area contributed by atoms with Crippen molar-refractivity contribution in [2.45, 2.75) is 31.3 Å². The zero-order valence-corrected chi connectivity index (χ0v) is 20.5. The first kappa shape index (κ1) is 26.1. The molecule has 0 bridgehead atoms. The standard InChI is InChI=1S/C28H31N5O4/c29-14-26(35)33-12-11-24(16-33)30-15-21-5-3-19(4-6-21)1-2-20-7-9-22(10-8-20)23(17-34)13-25-27(36)28(37)32-18-31-25/h3-10,18,23-24,30,34,36H,11-17,29H2,(H,31,32,37)/t23?,24-/m1/s1. The molecule has 37 heavy (non-hydrogen) atoms. The molecule has 1 aliphatic heterocycles. The van der Waals surface area contributed by atoms with E-state index < -0.39 is 11.3 Å². The molecule has 2 atom stereocenters. The topological polar surface area (TPSA) is 145 Å². The van der Waals surface area contributed by atoms with Gasteiger partial charge in [0, 0.05) is 49.1 Å². The average Bonchev–Trinajstić information content (AvgIpc) is 3.41. The van der Waals surface area contributed by atoms with E-state index >= 15 is 0 Å². The molecular weight excluding hydrogens is 470 g/mol. The Hall–Kier alpha value is -3.97. The van der Waals surface area contributed by atoms with Crippen molar-refractivity contribution in [3.8, 4) is 17.6 Å². The zero-order valence-electron chi connectivity index (χ0n) is 20.5. The number of aromatic amines is 1. The molecule has 3 aromatic rings. The molecule has 1 saturated heterocycles. The number of aliphatic hydroxyl groups excluding tert-OH is 1. The van der Waals surface area contributed by atoms with Crippen LogP contribution in [0.2, 0.25) is 0 Å². The third kappa shape index (κ3) is 6.83. The Morgan fingerprint density at radius 3 is 2.49 bits per heavy atom. The monoisotopic (exact) mass is 501 g/mol. The van der Waals surface area contributed by atoms with E-state index in [1.54, 1.807) is 4.90 Å². The van der Waals surface area contributed by atoms with Crippen LogP contribution < -0.4 is 16.6 Å². The van der Waals surface area contributed by atoms with Crippen LogP contribution in [-0.2, 0) is 17.8 Å². The Morgan fingerprint density at radius 1 is 1.16 bits per heavy atom. The summed E-state index contributed by atoms with van der Waals surface area (Å²) in [5.74, 6) is 5.59. The summed E-state index contributed by atoms with van der Waals surface area (Å²) in [6.07, 6.45) is 2.41. The van der Waals surface area contributed by atoms with E-state index in [0.717, 1.165) is 41.8 Å². The fraction of sp³-hybridized carbons (Fsp3) is 0.321. The first-order chi connectivity index (χ1) is 18.0. The van der Waals surface area contributed by atoms with E-state index in [1.165, 1.54) is 6.33 Å². The van der Waals surface area contributed by atoms with Crippen LogP contribution in [0.3, 0.4) is 0 Å². The molecule has 2 heterocycles. The largest absolute Gasteiger partial charge is 0.502 e. The molecule has 0 spiro atoms. The van der Waals surface area contributed by atoms with Crippen molar-refractivity contribution in [1.29, 1.82) is 0 Å². The van der Waals surface area contributed by atoms with E-state index in [1.807, 2.05) is 48.5 Å². The predicted molar refractivity (Wildman–Crippen MR) is 140 cm³/mol. The third-order valence-electron chi connectivity index (χ3n) is 6.56. The predicted octanol–water partition coefficient (Wildman–Crippen LogP) is 0.843. The smallest absolute Gasteiger partial charge is 0.293 e. The maximum Gasteiger partial charge on any atom is 0.293 e. The molecule has 0 radical (unpaired) electrons. The summed E-state index contributed by atoms with van der Waals surface area (Å²) in [5.41, 5.74) is 8.84. The lowest BCUT2D eigenvalue weighted by Crippen LogP contribution is -2.37. The number of hydrogen-bond donors (Lipinski definition) is 5. The lowest BCUT2D eigenvalue weighted by molar-refractivity contribution is -0.128. The van der Waals surface area contributed by atoms with Crippen LogP contribution in [0.15, 0.2) is 59.7 Å². The molecule has 0 aliphatic carbocycles. The second-order valence-corrected chi connectivity index (χ2v) is 9.09. The number of carbonyl (C=O) groups is 1. The van der Waals surface area contributed by atoms with E-state index in [0.29, 0.717) is 6.54 Å². The minimum Gasteiger partial charge on any atom is -0.502 e. The minimum atomic E-state index is -0.599. The Balaban J connectivity index is 1.32. The lowest BCUT2D eigenvalue weighted by Gasteiger charge is -2.16. The van der Waals surface area contributed by atoms with Gasteiger partial charge in [-0.25, -0.2) is 4.98 Å². The Labute approximate surface area is 215 Å². The van der Waals surface area contributed by atoms with Gasteiger partial charge in [0.25, 0.3) is 5.56 Å². The van der Waals surface area contributed by atoms with E-state index in [9.17, 15) is 19.8 Å². The maximum absolute atomic E-state index is 11.7. The second-order valence-electron chi connectivity index (χ2n) is 9.09. The number of amides is 1. The normalized spacial score (nSPS) is 15.7. The Morgan fingerprint density at radius 2 is 1.84 bits per heavy atom. The number of aliphatic hydroxyl groups is 1. The second kappa shape index (κ2) is 12.3. The minimum absolute atomic E-state index is 0.00217. The number of H-pyrrole nitrogens is 1. The molecule has 1 fully saturated rings. The highest BCUT2D eigenvalue weighted by molar-refractivity contribution is 5.78. The number of rotatable bonds is 8. The first-order valence-electron chi connectivity index (χ1n) is 12.3. The van der Waals surface area contributed by atoms with Gasteiger partial charge in [-0.15, -0.1) is 0 Å². The molecule has 4 rings (SSSR count). The van der Waals surface area contributed by atoms with Crippen molar-refractivity contribution in [2.24, 2.45) is 5.73 Å². The zero-order chi connectivity index (χ0) is 26.2. The number of nitrogens with one attached hydrogen (secondary N) is 2. The summed E-state index contributed by atoms with van der Waals surface area (Å²) >= 11 is 0. The summed E-state index contributed by atoms with van der Waals surface area (Å²) in [6, 6.07) is 15.9. The Bertz CT molecular complexity index is 1330. The van der Waals surface area contributed by atoms with Gasteiger partial charge in [-0.3, -0.25) is 9.59 Å². The Kier molecular flexibility index (Phi) is 8.69. The number of nitrogens with two attached hydrogens (primary N) is 1. The van der Waals surface area contributed by atoms with E-state index in [4.69, 9.17) is 5.73 Å². The number of hydrogen-bond acceptors (Lipinski definition) is 7. The lowest BCUT2D eigenvalue weighted by atomic mass is 9.94. The van der Waals surface area contributed by atoms with Crippen LogP contribution in [0.5, 0.6) is 5.75 Å². The summed E-state index contributed by atoms with van der Waals surface area (Å²) in [6.45, 7) is 2.08. The fourth-order valence-electron chi connectivity index (χ4n) is 4.33. The maximum atomic E-state index is 11.7. The number of likely N-dealkylation sites (tertiary alicyclic amines) is 1. The third-order valence-corrected chi connectivity index (χ3v) is 6.56. The molecule has 9 heteroatoms. The van der Waals surface area contributed by atoms with E-state index in [2.05, 4.69) is 27.1 Å². The van der Waals surface area contributed by atoms with E-state index in [-0.39, 0.29) is 43.1 Å². The fourth-order valence-corrected chi connectivity index (χ4v) is 4.33. The summed E-state index contributed by atoms with van der Waals surface area (Å²) in [5, 5.41) is 23.3. The van der Waals surface area contributed by atoms with Gasteiger partial charge in [-0.2, -0.15) is 0 Å². The van der Waals surface area contributed by atoms with Gasteiger partial charge in [-0.05, 0) is 41.8 Å². The van der Waals surface area contributed by atoms with Gasteiger partial charge in [-0.1, -0.05) is 36.1 Å². The van der Waals surface area contributed by atoms with Crippen molar-refractivity contribution >= 4 is 5.91 Å². The first-order valence-corrected chi connectivity index (χ1v) is 12.3. The number of aromatic nitrogens is 2. The van der Waals surface area contributed by atoms with Crippen molar-refractivity contribution in [3.63, 3.8) is 0 Å². The molecule has 6 N–H and O–H groups in total. The van der Waals surface area contributed by atoms with Gasteiger partial charge in [0.05, 0.1) is 25.2 Å². The number of benzene rings is 2. The van der Waals surface area contributed by atoms with Gasteiger partial charge in [0.2, 0.25) is 11.7 Å². The molecular formula is C28H31N5O4. The summed E-state index contributed by atoms with van der Waals surface area (Å²) in [7, 11) is 0. The number of aromatic hydroxyl groups is 1. The van der Waals surface area contributed by atoms with Crippen LogP contribution in [0.1, 0.15) is 40.3 Å². The molecule has 1 aromatic heterocycles. The molecule has 192 valence electrons. The van der Waals surface area contributed by atoms with Crippen molar-refractivity contribution in [1.82, 2.24) is 20.2 Å². The average molecular weight is 502 g/mol. The number of carbonyl (C=O) groups excluding carboxylic acids is 1. The van der Waals surface area contributed by atoms with Crippen LogP contribution in [0.4, 0.5) is 0 Å². The van der Waals surface area contributed by atoms with Crippen LogP contribution in [0.25, 0.3) is 0 Å². The van der Waals surface area contributed by atoms with Crippen molar-refractivity contribution in [3.05, 3.63) is 93.2 Å². The van der Waals surface area contributed by atoms with Gasteiger partial charge < -0.3 is 31.1 Å². The highest BCUT2D eigenvalue weighted by Gasteiger charge is 2.24. The van der Waals surface area contributed by atoms with Crippen molar-refractivity contribution < 1.29 is 15.0 Å². The van der Waals surface area contributed by atoms with Crippen LogP contribution >= 0.6 is 0 Å². The summed E-state index contributed by atoms with van der Waals surface area (Å²) in [4.78, 5) is 31.4. The highest BCUT2D eigenvalue weighted by Crippen LogP contribution is 2.22. The van der Waals surface area contributed by atoms with Crippen LogP contribution in [-0.4, -0.2) is 63.3 Å². The van der Waals surface area contributed by atoms with Gasteiger partial charge in [0.1, 0.15) is 0 Å². The van der Waals surface area contributed by atoms with Gasteiger partial charge >= 0.3 is 0 Å². The molecule has 0 saturated carbocycles. The molecule has 9 nitrogen and oxygen atoms in total. The van der Waals surface area contributed by atoms with Crippen LogP contribution in [0, 0.1) is 11.8 Å². The molecule has 1 amide bonds. The number of nitrogens with zero attached hydrogens (tertiary/aromatic N) is 2. The molecule has 2 aromatic carbocycles. The molecule has 1 unspecified atom stereocenters. The van der Waals surface area contributed by atoms with Gasteiger partial charge in [0.15, 0.2) is 0 Å². The molecule has 1 aliphatic rings.